The quantitative estimate of drug-likeness (QED) is 0.130. The molecule has 0 radical (unpaired) electrons. The van der Waals surface area contributed by atoms with Gasteiger partial charge in [-0.1, -0.05) is 45.2 Å². The molecule has 2 unspecified atom stereocenters. The van der Waals surface area contributed by atoms with Gasteiger partial charge in [-0.25, -0.2) is 22.5 Å². The van der Waals surface area contributed by atoms with Crippen LogP contribution in [0.4, 0.5) is 42.4 Å². The number of halogens is 7. The van der Waals surface area contributed by atoms with Crippen molar-refractivity contribution in [3.8, 4) is 29.0 Å². The van der Waals surface area contributed by atoms with Crippen LogP contribution in [0.2, 0.25) is 0 Å². The molecule has 2 aromatic carbocycles. The van der Waals surface area contributed by atoms with Gasteiger partial charge < -0.3 is 25.8 Å². The smallest absolute Gasteiger partial charge is 0.420 e. The fourth-order valence-corrected chi connectivity index (χ4v) is 8.05. The van der Waals surface area contributed by atoms with Crippen LogP contribution in [0.5, 0.6) is 11.8 Å². The van der Waals surface area contributed by atoms with Gasteiger partial charge in [-0.3, -0.25) is 4.90 Å². The first kappa shape index (κ1) is 44.1. The average molecular weight is 835 g/mol. The van der Waals surface area contributed by atoms with Gasteiger partial charge in [0.2, 0.25) is 5.92 Å². The van der Waals surface area contributed by atoms with Crippen molar-refractivity contribution in [3.63, 3.8) is 0 Å². The lowest BCUT2D eigenvalue weighted by molar-refractivity contribution is -0.138. The number of hydrogen-bond donors (Lipinski definition) is 2. The number of nitriles is 1. The second kappa shape index (κ2) is 17.9. The minimum absolute atomic E-state index is 0.0118. The van der Waals surface area contributed by atoms with E-state index >= 15 is 17.6 Å². The predicted octanol–water partition coefficient (Wildman–Crippen LogP) is 9.30. The van der Waals surface area contributed by atoms with E-state index in [1.54, 1.807) is 23.1 Å². The van der Waals surface area contributed by atoms with Crippen molar-refractivity contribution in [2.24, 2.45) is 11.7 Å². The van der Waals surface area contributed by atoms with E-state index in [0.29, 0.717) is 17.3 Å². The molecule has 3 aliphatic rings. The van der Waals surface area contributed by atoms with Crippen LogP contribution in [0.25, 0.3) is 22.0 Å². The van der Waals surface area contributed by atoms with E-state index in [4.69, 9.17) is 20.9 Å². The van der Waals surface area contributed by atoms with Gasteiger partial charge in [0.15, 0.2) is 5.82 Å². The standard InChI is InChI=1S/C33H31F5N8O2S.C5H8F2.C2H6/c1-16(22-7-5-11-45(22)3)48-32-43-27-24-28(47-13-12-46(31(24)44-32)15-18-6-4-10-42-30(18)41)25(33(36,37)38)23(26(27)35)19-8-9-21(34)29(20(19)14-39)49-17(2)40;1-4-2-5(6,7)3-4;1-2/h4,6,8-10,16,22H,2,5,7,11-13,15,40H2,1,3H3,(H2,41,42);4H,2-3H2,1H3;1-2H3. The summed E-state index contributed by atoms with van der Waals surface area (Å²) >= 11 is 0.538. The number of rotatable bonds is 8. The summed E-state index contributed by atoms with van der Waals surface area (Å²) in [4.78, 5) is 16.3. The van der Waals surface area contributed by atoms with Crippen LogP contribution in [0, 0.1) is 28.9 Å². The Morgan fingerprint density at radius 3 is 2.43 bits per heavy atom. The van der Waals surface area contributed by atoms with Gasteiger partial charge in [0, 0.05) is 48.3 Å². The molecule has 10 nitrogen and oxygen atoms in total. The third kappa shape index (κ3) is 9.31. The Balaban J connectivity index is 0.000000636. The van der Waals surface area contributed by atoms with E-state index < -0.39 is 68.3 Å². The first-order chi connectivity index (χ1) is 27.4. The normalized spacial score (nSPS) is 18.1. The van der Waals surface area contributed by atoms with Gasteiger partial charge in [-0.2, -0.15) is 28.4 Å². The van der Waals surface area contributed by atoms with Gasteiger partial charge in [0.25, 0.3) is 0 Å². The van der Waals surface area contributed by atoms with Crippen LogP contribution >= 0.6 is 11.8 Å². The minimum Gasteiger partial charge on any atom is -0.490 e. The first-order valence-corrected chi connectivity index (χ1v) is 19.5. The lowest BCUT2D eigenvalue weighted by Gasteiger charge is -2.31. The molecule has 7 rings (SSSR count). The fourth-order valence-electron chi connectivity index (χ4n) is 7.36. The Morgan fingerprint density at radius 1 is 1.17 bits per heavy atom. The average Bonchev–Trinajstić information content (AvgIpc) is 3.51. The molecular weight excluding hydrogens is 790 g/mol. The summed E-state index contributed by atoms with van der Waals surface area (Å²) in [6.07, 6.45) is -2.21. The Kier molecular flexibility index (Phi) is 13.6. The number of nitrogens with zero attached hydrogens (tertiary/aromatic N) is 6. The molecule has 4 N–H and O–H groups in total. The van der Waals surface area contributed by atoms with E-state index in [9.17, 15) is 18.4 Å². The molecule has 2 aromatic heterocycles. The zero-order valence-electron chi connectivity index (χ0n) is 32.7. The number of thioether (sulfide) groups is 1. The third-order valence-electron chi connectivity index (χ3n) is 9.91. The van der Waals surface area contributed by atoms with Crippen LogP contribution in [0.3, 0.4) is 0 Å². The van der Waals surface area contributed by atoms with Crippen LogP contribution in [0.15, 0.2) is 47.0 Å². The Morgan fingerprint density at radius 2 is 1.88 bits per heavy atom. The van der Waals surface area contributed by atoms with Crippen LogP contribution in [-0.4, -0.2) is 64.7 Å². The summed E-state index contributed by atoms with van der Waals surface area (Å²) in [5, 5.41) is 9.60. The summed E-state index contributed by atoms with van der Waals surface area (Å²) in [7, 11) is 1.95. The van der Waals surface area contributed by atoms with E-state index in [-0.39, 0.29) is 72.6 Å². The predicted molar refractivity (Wildman–Crippen MR) is 209 cm³/mol. The van der Waals surface area contributed by atoms with E-state index in [0.717, 1.165) is 31.5 Å². The number of benzene rings is 2. The maximum atomic E-state index is 17.1. The number of anilines is 2. The van der Waals surface area contributed by atoms with Crippen molar-refractivity contribution < 1.29 is 40.2 Å². The van der Waals surface area contributed by atoms with Crippen molar-refractivity contribution in [3.05, 3.63) is 70.4 Å². The maximum absolute atomic E-state index is 17.1. The Hall–Kier alpha value is -5.02. The second-order valence-electron chi connectivity index (χ2n) is 14.1. The number of nitrogen functional groups attached to an aromatic ring is 1. The summed E-state index contributed by atoms with van der Waals surface area (Å²) in [5.74, 6) is -5.04. The van der Waals surface area contributed by atoms with Gasteiger partial charge >= 0.3 is 12.2 Å². The zero-order chi connectivity index (χ0) is 42.7. The Bertz CT molecular complexity index is 2190. The van der Waals surface area contributed by atoms with Crippen molar-refractivity contribution in [1.82, 2.24) is 19.9 Å². The molecule has 312 valence electrons. The second-order valence-corrected chi connectivity index (χ2v) is 15.3. The van der Waals surface area contributed by atoms with Crippen molar-refractivity contribution in [1.29, 1.82) is 5.26 Å². The number of pyridine rings is 1. The van der Waals surface area contributed by atoms with Crippen molar-refractivity contribution in [2.45, 2.75) is 89.1 Å². The summed E-state index contributed by atoms with van der Waals surface area (Å²) in [6.45, 7) is 11.8. The molecule has 1 aliphatic carbocycles. The lowest BCUT2D eigenvalue weighted by atomic mass is 9.83. The number of likely N-dealkylation sites (N-methyl/N-ethyl adjacent to an activating group) is 1. The lowest BCUT2D eigenvalue weighted by Crippen LogP contribution is -2.38. The molecule has 18 heteroatoms. The SMILES string of the molecule is C=C(N)Sc1c(F)ccc(-c2c(C(F)(F)F)c3c4c(nc(OC(C)C5CCCN5C)nc4c2F)N(Cc2cccnc2N)CCO3)c1C#N.CC.CC1CC(F)(F)C1. The molecule has 2 fully saturated rings. The summed E-state index contributed by atoms with van der Waals surface area (Å²) < 4.78 is 113. The first-order valence-electron chi connectivity index (χ1n) is 18.7. The third-order valence-corrected chi connectivity index (χ3v) is 10.8. The van der Waals surface area contributed by atoms with Gasteiger partial charge in [-0.15, -0.1) is 0 Å². The molecular formula is C40H45F7N8O2S. The van der Waals surface area contributed by atoms with Crippen LogP contribution in [0.1, 0.15) is 70.1 Å². The van der Waals surface area contributed by atoms with E-state index in [2.05, 4.69) is 26.4 Å². The fraction of sp³-hybridized carbons (Fsp3) is 0.450. The molecule has 4 aromatic rings. The van der Waals surface area contributed by atoms with E-state index in [1.807, 2.05) is 34.7 Å². The number of aromatic nitrogens is 3. The zero-order valence-corrected chi connectivity index (χ0v) is 33.5. The number of alkyl halides is 5. The van der Waals surface area contributed by atoms with Gasteiger partial charge in [0.05, 0.1) is 27.4 Å². The molecule has 0 bridgehead atoms. The molecule has 0 spiro atoms. The molecule has 4 heterocycles. The monoisotopic (exact) mass is 834 g/mol. The minimum atomic E-state index is -5.22. The highest BCUT2D eigenvalue weighted by Crippen LogP contribution is 2.52. The van der Waals surface area contributed by atoms with E-state index in [1.165, 1.54) is 6.20 Å². The van der Waals surface area contributed by atoms with Gasteiger partial charge in [-0.05, 0) is 57.5 Å². The van der Waals surface area contributed by atoms with Crippen molar-refractivity contribution in [2.75, 3.05) is 37.4 Å². The molecule has 2 atom stereocenters. The summed E-state index contributed by atoms with van der Waals surface area (Å²) in [5.41, 5.74) is 8.11. The van der Waals surface area contributed by atoms with Crippen LogP contribution in [-0.2, 0) is 12.7 Å². The number of ether oxygens (including phenoxy) is 2. The molecule has 1 saturated carbocycles. The topological polar surface area (TPSA) is 139 Å². The number of likely N-dealkylation sites (tertiary alicyclic amines) is 1. The maximum Gasteiger partial charge on any atom is 0.420 e. The van der Waals surface area contributed by atoms with Gasteiger partial charge in [0.1, 0.15) is 53.1 Å². The number of nitrogens with two attached hydrogens (primary N) is 2. The highest BCUT2D eigenvalue weighted by Gasteiger charge is 2.44. The Labute approximate surface area is 336 Å². The van der Waals surface area contributed by atoms with Crippen LogP contribution < -0.4 is 25.8 Å². The largest absolute Gasteiger partial charge is 0.490 e. The highest BCUT2D eigenvalue weighted by atomic mass is 32.2. The number of hydrogen-bond acceptors (Lipinski definition) is 11. The highest BCUT2D eigenvalue weighted by molar-refractivity contribution is 8.03. The molecule has 0 amide bonds. The molecule has 58 heavy (non-hydrogen) atoms. The summed E-state index contributed by atoms with van der Waals surface area (Å²) in [6, 6.07) is 6.56. The van der Waals surface area contributed by atoms with Crippen molar-refractivity contribution >= 4 is 34.3 Å². The molecule has 1 saturated heterocycles. The molecule has 2 aliphatic heterocycles.